The fourth-order valence-electron chi connectivity index (χ4n) is 7.51. The molecule has 6 heteroatoms. The van der Waals surface area contributed by atoms with Gasteiger partial charge in [-0.2, -0.15) is 0 Å². The van der Waals surface area contributed by atoms with Gasteiger partial charge in [-0.15, -0.1) is 0 Å². The molecule has 0 aromatic rings. The van der Waals surface area contributed by atoms with Crippen LogP contribution >= 0.6 is 0 Å². The van der Waals surface area contributed by atoms with Gasteiger partial charge in [-0.05, 0) is 51.4 Å². The number of allylic oxidation sites excluding steroid dienone is 5. The normalized spacial score (nSPS) is 13.0. The van der Waals surface area contributed by atoms with Crippen LogP contribution in [-0.2, 0) is 14.3 Å². The van der Waals surface area contributed by atoms with E-state index in [4.69, 9.17) is 4.74 Å². The van der Waals surface area contributed by atoms with Crippen LogP contribution in [0.15, 0.2) is 36.5 Å². The number of nitrogens with one attached hydrogen (secondary N) is 1. The first-order valence-corrected chi connectivity index (χ1v) is 25.3. The molecule has 6 nitrogen and oxygen atoms in total. The summed E-state index contributed by atoms with van der Waals surface area (Å²) in [4.78, 5) is 24.4. The van der Waals surface area contributed by atoms with E-state index in [9.17, 15) is 19.8 Å². The maximum atomic E-state index is 12.4. The predicted octanol–water partition coefficient (Wildman–Crippen LogP) is 14.9. The van der Waals surface area contributed by atoms with E-state index in [-0.39, 0.29) is 18.5 Å². The Labute approximate surface area is 360 Å². The molecule has 0 rings (SSSR count). The maximum Gasteiger partial charge on any atom is 0.305 e. The van der Waals surface area contributed by atoms with Gasteiger partial charge in [0.05, 0.1) is 25.4 Å². The van der Waals surface area contributed by atoms with Crippen molar-refractivity contribution < 1.29 is 24.5 Å². The van der Waals surface area contributed by atoms with E-state index in [1.807, 2.05) is 12.2 Å². The van der Waals surface area contributed by atoms with Gasteiger partial charge in [0, 0.05) is 12.8 Å². The first kappa shape index (κ1) is 56.1. The number of esters is 1. The summed E-state index contributed by atoms with van der Waals surface area (Å²) in [6.07, 6.45) is 57.2. The van der Waals surface area contributed by atoms with E-state index in [0.29, 0.717) is 25.9 Å². The van der Waals surface area contributed by atoms with Crippen LogP contribution in [0.2, 0.25) is 0 Å². The Kier molecular flexibility index (Phi) is 46.2. The predicted molar refractivity (Wildman–Crippen MR) is 250 cm³/mol. The minimum atomic E-state index is -0.878. The van der Waals surface area contributed by atoms with Crippen molar-refractivity contribution in [2.75, 3.05) is 13.2 Å². The number of ether oxygens (including phenoxy) is 1. The van der Waals surface area contributed by atoms with Crippen molar-refractivity contribution in [1.29, 1.82) is 0 Å². The Bertz CT molecular complexity index is 946. The van der Waals surface area contributed by atoms with E-state index in [1.54, 1.807) is 6.08 Å². The summed E-state index contributed by atoms with van der Waals surface area (Å²) in [6.45, 7) is 4.83. The molecule has 0 fully saturated rings. The molecule has 58 heavy (non-hydrogen) atoms. The smallest absolute Gasteiger partial charge is 0.305 e. The average Bonchev–Trinajstić information content (AvgIpc) is 3.22. The zero-order chi connectivity index (χ0) is 42.3. The molecule has 0 aliphatic carbocycles. The molecule has 0 aliphatic heterocycles. The molecule has 0 radical (unpaired) electrons. The second-order valence-corrected chi connectivity index (χ2v) is 17.1. The minimum absolute atomic E-state index is 0.0184. The van der Waals surface area contributed by atoms with Gasteiger partial charge in [0.25, 0.3) is 0 Å². The summed E-state index contributed by atoms with van der Waals surface area (Å²) in [5, 5.41) is 23.0. The number of unbranched alkanes of at least 4 members (excludes halogenated alkanes) is 31. The van der Waals surface area contributed by atoms with E-state index in [2.05, 4.69) is 37.4 Å². The molecular formula is C52H97NO5. The van der Waals surface area contributed by atoms with Gasteiger partial charge in [0.15, 0.2) is 0 Å². The van der Waals surface area contributed by atoms with Crippen LogP contribution in [0.3, 0.4) is 0 Å². The van der Waals surface area contributed by atoms with Crippen LogP contribution in [0.25, 0.3) is 0 Å². The minimum Gasteiger partial charge on any atom is -0.466 e. The van der Waals surface area contributed by atoms with Gasteiger partial charge in [-0.25, -0.2) is 0 Å². The Morgan fingerprint density at radius 1 is 0.483 bits per heavy atom. The number of carbonyl (C=O) groups excluding carboxylic acids is 2. The lowest BCUT2D eigenvalue weighted by atomic mass is 10.0. The molecule has 340 valence electrons. The van der Waals surface area contributed by atoms with Crippen LogP contribution < -0.4 is 5.32 Å². The van der Waals surface area contributed by atoms with Crippen molar-refractivity contribution in [1.82, 2.24) is 5.32 Å². The first-order valence-electron chi connectivity index (χ1n) is 25.3. The van der Waals surface area contributed by atoms with Gasteiger partial charge in [-0.3, -0.25) is 9.59 Å². The fourth-order valence-corrected chi connectivity index (χ4v) is 7.51. The number of carbonyl (C=O) groups is 2. The van der Waals surface area contributed by atoms with E-state index in [1.165, 1.54) is 173 Å². The standard InChI is InChI=1S/C52H97NO5/c1-3-5-7-9-11-13-15-17-18-19-21-24-28-32-36-40-44-50(55)49(48-54)53-51(56)45-41-37-33-29-25-22-20-23-27-31-35-39-43-47-58-52(57)46-42-38-34-30-26-16-14-12-10-8-6-4-2/h22,25,33,37,40,44,49-50,54-55H,3-21,23-24,26-32,34-36,38-39,41-43,45-48H2,1-2H3,(H,53,56)/b25-22-,37-33-,44-40+. The monoisotopic (exact) mass is 816 g/mol. The van der Waals surface area contributed by atoms with Crippen LogP contribution in [0.5, 0.6) is 0 Å². The van der Waals surface area contributed by atoms with Gasteiger partial charge >= 0.3 is 5.97 Å². The lowest BCUT2D eigenvalue weighted by Crippen LogP contribution is -2.45. The fraction of sp³-hybridized carbons (Fsp3) is 0.846. The zero-order valence-corrected chi connectivity index (χ0v) is 38.5. The van der Waals surface area contributed by atoms with Crippen LogP contribution in [-0.4, -0.2) is 47.4 Å². The third kappa shape index (κ3) is 43.7. The molecule has 0 bridgehead atoms. The molecule has 0 aromatic carbocycles. The lowest BCUT2D eigenvalue weighted by Gasteiger charge is -2.19. The summed E-state index contributed by atoms with van der Waals surface area (Å²) in [7, 11) is 0. The van der Waals surface area contributed by atoms with Gasteiger partial charge in [-0.1, -0.05) is 230 Å². The number of aliphatic hydroxyl groups excluding tert-OH is 2. The molecule has 0 spiro atoms. The van der Waals surface area contributed by atoms with Crippen LogP contribution in [0.1, 0.15) is 258 Å². The van der Waals surface area contributed by atoms with Gasteiger partial charge in [0.1, 0.15) is 0 Å². The molecule has 0 saturated heterocycles. The van der Waals surface area contributed by atoms with Crippen molar-refractivity contribution in [3.05, 3.63) is 36.5 Å². The molecular weight excluding hydrogens is 719 g/mol. The number of amides is 1. The Morgan fingerprint density at radius 3 is 1.34 bits per heavy atom. The number of aliphatic hydroxyl groups is 2. The summed E-state index contributed by atoms with van der Waals surface area (Å²) < 4.78 is 5.44. The summed E-state index contributed by atoms with van der Waals surface area (Å²) in [5.74, 6) is -0.167. The van der Waals surface area contributed by atoms with Crippen molar-refractivity contribution in [2.45, 2.75) is 270 Å². The van der Waals surface area contributed by atoms with Crippen molar-refractivity contribution in [3.8, 4) is 0 Å². The highest BCUT2D eigenvalue weighted by atomic mass is 16.5. The average molecular weight is 816 g/mol. The zero-order valence-electron chi connectivity index (χ0n) is 38.5. The summed E-state index contributed by atoms with van der Waals surface area (Å²) in [5.41, 5.74) is 0. The van der Waals surface area contributed by atoms with Crippen LogP contribution in [0, 0.1) is 0 Å². The molecule has 3 N–H and O–H groups in total. The third-order valence-electron chi connectivity index (χ3n) is 11.4. The first-order chi connectivity index (χ1) is 28.5. The molecule has 0 aromatic heterocycles. The molecule has 1 amide bonds. The molecule has 2 unspecified atom stereocenters. The summed E-state index contributed by atoms with van der Waals surface area (Å²) >= 11 is 0. The third-order valence-corrected chi connectivity index (χ3v) is 11.4. The highest BCUT2D eigenvalue weighted by Crippen LogP contribution is 2.15. The Morgan fingerprint density at radius 2 is 0.879 bits per heavy atom. The number of hydrogen-bond donors (Lipinski definition) is 3. The second kappa shape index (κ2) is 47.8. The molecule has 0 heterocycles. The van der Waals surface area contributed by atoms with Crippen LogP contribution in [0.4, 0.5) is 0 Å². The summed E-state index contributed by atoms with van der Waals surface area (Å²) in [6, 6.07) is -0.671. The van der Waals surface area contributed by atoms with Crippen molar-refractivity contribution >= 4 is 11.9 Å². The van der Waals surface area contributed by atoms with E-state index in [0.717, 1.165) is 51.4 Å². The largest absolute Gasteiger partial charge is 0.466 e. The lowest BCUT2D eigenvalue weighted by molar-refractivity contribution is -0.143. The Balaban J connectivity index is 3.60. The SMILES string of the molecule is CCCCCCCCCCCCCCCC/C=C/C(O)C(CO)NC(=O)CC/C=C\C/C=C\CCCCCCCCOC(=O)CCCCCCCCCCCCCC. The van der Waals surface area contributed by atoms with Gasteiger partial charge in [0.2, 0.25) is 5.91 Å². The quantitative estimate of drug-likeness (QED) is 0.0323. The second-order valence-electron chi connectivity index (χ2n) is 17.1. The maximum absolute atomic E-state index is 12.4. The van der Waals surface area contributed by atoms with Crippen molar-refractivity contribution in [2.24, 2.45) is 0 Å². The topological polar surface area (TPSA) is 95.9 Å². The molecule has 0 saturated carbocycles. The number of hydrogen-bond acceptors (Lipinski definition) is 5. The van der Waals surface area contributed by atoms with E-state index < -0.39 is 12.1 Å². The van der Waals surface area contributed by atoms with Crippen molar-refractivity contribution in [3.63, 3.8) is 0 Å². The van der Waals surface area contributed by atoms with E-state index >= 15 is 0 Å². The molecule has 0 aliphatic rings. The highest BCUT2D eigenvalue weighted by Gasteiger charge is 2.17. The molecule has 2 atom stereocenters. The highest BCUT2D eigenvalue weighted by molar-refractivity contribution is 5.76. The Hall–Kier alpha value is -1.92. The van der Waals surface area contributed by atoms with Gasteiger partial charge < -0.3 is 20.3 Å². The number of rotatable bonds is 46.